The zero-order chi connectivity index (χ0) is 15.9. The van der Waals surface area contributed by atoms with Gasteiger partial charge in [-0.15, -0.1) is 0 Å². The zero-order valence-corrected chi connectivity index (χ0v) is 12.7. The van der Waals surface area contributed by atoms with E-state index in [2.05, 4.69) is 0 Å². The lowest BCUT2D eigenvalue weighted by Crippen LogP contribution is -2.15. The van der Waals surface area contributed by atoms with Crippen LogP contribution in [0.3, 0.4) is 0 Å². The van der Waals surface area contributed by atoms with Gasteiger partial charge >= 0.3 is 11.9 Å². The summed E-state index contributed by atoms with van der Waals surface area (Å²) < 4.78 is 10.2. The fourth-order valence-electron chi connectivity index (χ4n) is 2.03. The Morgan fingerprint density at radius 2 is 1.09 bits per heavy atom. The van der Waals surface area contributed by atoms with Gasteiger partial charge in [-0.1, -0.05) is 36.4 Å². The van der Waals surface area contributed by atoms with Crippen molar-refractivity contribution in [3.05, 3.63) is 70.8 Å². The highest BCUT2D eigenvalue weighted by Gasteiger charge is 2.12. The molecule has 2 rings (SSSR count). The highest BCUT2D eigenvalue weighted by Crippen LogP contribution is 2.10. The summed E-state index contributed by atoms with van der Waals surface area (Å²) in [5, 5.41) is 0. The fraction of sp³-hybridized carbons (Fsp3) is 0.222. The molecule has 0 atom stereocenters. The molecule has 0 aliphatic rings. The van der Waals surface area contributed by atoms with Crippen molar-refractivity contribution in [2.75, 3.05) is 13.2 Å². The lowest BCUT2D eigenvalue weighted by molar-refractivity contribution is 0.0264. The quantitative estimate of drug-likeness (QED) is 0.627. The van der Waals surface area contributed by atoms with Crippen molar-refractivity contribution in [1.29, 1.82) is 0 Å². The minimum absolute atomic E-state index is 0.0325. The summed E-state index contributed by atoms with van der Waals surface area (Å²) in [6.07, 6.45) is 0. The van der Waals surface area contributed by atoms with E-state index in [1.807, 2.05) is 38.1 Å². The minimum atomic E-state index is -0.412. The molecule has 0 unspecified atom stereocenters. The molecular formula is C18H18O4. The van der Waals surface area contributed by atoms with E-state index in [0.29, 0.717) is 11.1 Å². The van der Waals surface area contributed by atoms with Crippen LogP contribution < -0.4 is 0 Å². The van der Waals surface area contributed by atoms with Gasteiger partial charge < -0.3 is 9.47 Å². The van der Waals surface area contributed by atoms with Gasteiger partial charge in [0.1, 0.15) is 13.2 Å². The van der Waals surface area contributed by atoms with E-state index in [9.17, 15) is 9.59 Å². The van der Waals surface area contributed by atoms with Crippen molar-refractivity contribution in [3.8, 4) is 0 Å². The number of aryl methyl sites for hydroxylation is 2. The Bertz CT molecular complexity index is 617. The summed E-state index contributed by atoms with van der Waals surface area (Å²) in [5.74, 6) is -0.824. The standard InChI is InChI=1S/C18H18O4/c1-13-7-3-5-9-15(13)17(19)21-11-12-22-18(20)16-10-6-4-8-14(16)2/h3-10H,11-12H2,1-2H3. The van der Waals surface area contributed by atoms with Gasteiger partial charge in [-0.05, 0) is 37.1 Å². The molecule has 4 heteroatoms. The Labute approximate surface area is 129 Å². The second-order valence-electron chi connectivity index (χ2n) is 4.90. The Balaban J connectivity index is 1.80. The molecule has 114 valence electrons. The SMILES string of the molecule is Cc1ccccc1C(=O)OCCOC(=O)c1ccccc1C. The predicted octanol–water partition coefficient (Wildman–Crippen LogP) is 3.32. The van der Waals surface area contributed by atoms with Gasteiger partial charge in [0.2, 0.25) is 0 Å². The van der Waals surface area contributed by atoms with Gasteiger partial charge in [0.25, 0.3) is 0 Å². The highest BCUT2D eigenvalue weighted by atomic mass is 16.6. The van der Waals surface area contributed by atoms with E-state index in [1.165, 1.54) is 0 Å². The maximum Gasteiger partial charge on any atom is 0.338 e. The van der Waals surface area contributed by atoms with Crippen LogP contribution in [0.5, 0.6) is 0 Å². The Morgan fingerprint density at radius 1 is 0.727 bits per heavy atom. The van der Waals surface area contributed by atoms with E-state index < -0.39 is 11.9 Å². The molecule has 0 bridgehead atoms. The number of esters is 2. The lowest BCUT2D eigenvalue weighted by atomic mass is 10.1. The number of carbonyl (C=O) groups is 2. The normalized spacial score (nSPS) is 10.1. The molecule has 0 radical (unpaired) electrons. The van der Waals surface area contributed by atoms with Crippen molar-refractivity contribution in [2.45, 2.75) is 13.8 Å². The molecule has 0 N–H and O–H groups in total. The number of rotatable bonds is 5. The largest absolute Gasteiger partial charge is 0.458 e. The number of benzene rings is 2. The number of carbonyl (C=O) groups excluding carboxylic acids is 2. The van der Waals surface area contributed by atoms with Gasteiger partial charge in [0, 0.05) is 0 Å². The average Bonchev–Trinajstić information content (AvgIpc) is 2.52. The third-order valence-corrected chi connectivity index (χ3v) is 3.28. The third-order valence-electron chi connectivity index (χ3n) is 3.28. The van der Waals surface area contributed by atoms with Crippen molar-refractivity contribution >= 4 is 11.9 Å². The van der Waals surface area contributed by atoms with Gasteiger partial charge in [-0.2, -0.15) is 0 Å². The van der Waals surface area contributed by atoms with E-state index in [1.54, 1.807) is 24.3 Å². The second kappa shape index (κ2) is 7.41. The number of ether oxygens (including phenoxy) is 2. The number of hydrogen-bond donors (Lipinski definition) is 0. The third kappa shape index (κ3) is 3.95. The first-order valence-electron chi connectivity index (χ1n) is 7.05. The summed E-state index contributed by atoms with van der Waals surface area (Å²) in [7, 11) is 0. The van der Waals surface area contributed by atoms with Crippen molar-refractivity contribution in [3.63, 3.8) is 0 Å². The van der Waals surface area contributed by atoms with E-state index in [0.717, 1.165) is 11.1 Å². The summed E-state index contributed by atoms with van der Waals surface area (Å²) in [6, 6.07) is 14.4. The molecule has 0 aromatic heterocycles. The zero-order valence-electron chi connectivity index (χ0n) is 12.7. The highest BCUT2D eigenvalue weighted by molar-refractivity contribution is 5.91. The predicted molar refractivity (Wildman–Crippen MR) is 82.9 cm³/mol. The van der Waals surface area contributed by atoms with Gasteiger partial charge in [0.05, 0.1) is 11.1 Å². The minimum Gasteiger partial charge on any atom is -0.458 e. The second-order valence-corrected chi connectivity index (χ2v) is 4.90. The molecular weight excluding hydrogens is 280 g/mol. The molecule has 0 saturated carbocycles. The van der Waals surface area contributed by atoms with Crippen LogP contribution in [0, 0.1) is 13.8 Å². The van der Waals surface area contributed by atoms with Gasteiger partial charge in [-0.25, -0.2) is 9.59 Å². The summed E-state index contributed by atoms with van der Waals surface area (Å²) in [5.41, 5.74) is 2.74. The average molecular weight is 298 g/mol. The van der Waals surface area contributed by atoms with Crippen molar-refractivity contribution in [1.82, 2.24) is 0 Å². The first-order chi connectivity index (χ1) is 10.6. The molecule has 0 fully saturated rings. The van der Waals surface area contributed by atoms with Crippen LogP contribution >= 0.6 is 0 Å². The maximum absolute atomic E-state index is 11.9. The van der Waals surface area contributed by atoms with E-state index in [-0.39, 0.29) is 13.2 Å². The summed E-state index contributed by atoms with van der Waals surface area (Å²) in [6.45, 7) is 3.75. The van der Waals surface area contributed by atoms with Crippen LogP contribution in [0.4, 0.5) is 0 Å². The molecule has 4 nitrogen and oxygen atoms in total. The monoisotopic (exact) mass is 298 g/mol. The molecule has 0 saturated heterocycles. The smallest absolute Gasteiger partial charge is 0.338 e. The van der Waals surface area contributed by atoms with Crippen LogP contribution in [0.2, 0.25) is 0 Å². The number of hydrogen-bond acceptors (Lipinski definition) is 4. The van der Waals surface area contributed by atoms with Crippen molar-refractivity contribution in [2.24, 2.45) is 0 Å². The van der Waals surface area contributed by atoms with Gasteiger partial charge in [-0.3, -0.25) is 0 Å². The molecule has 0 spiro atoms. The lowest BCUT2D eigenvalue weighted by Gasteiger charge is -2.09. The Hall–Kier alpha value is -2.62. The van der Waals surface area contributed by atoms with Crippen LogP contribution in [-0.4, -0.2) is 25.2 Å². The molecule has 0 heterocycles. The molecule has 2 aromatic rings. The van der Waals surface area contributed by atoms with Crippen LogP contribution in [0.25, 0.3) is 0 Å². The first-order valence-corrected chi connectivity index (χ1v) is 7.05. The van der Waals surface area contributed by atoms with Crippen LogP contribution in [-0.2, 0) is 9.47 Å². The van der Waals surface area contributed by atoms with Crippen LogP contribution in [0.1, 0.15) is 31.8 Å². The molecule has 2 aromatic carbocycles. The summed E-state index contributed by atoms with van der Waals surface area (Å²) in [4.78, 5) is 23.7. The fourth-order valence-corrected chi connectivity index (χ4v) is 2.03. The van der Waals surface area contributed by atoms with Crippen molar-refractivity contribution < 1.29 is 19.1 Å². The maximum atomic E-state index is 11.9. The van der Waals surface area contributed by atoms with E-state index in [4.69, 9.17) is 9.47 Å². The molecule has 22 heavy (non-hydrogen) atoms. The van der Waals surface area contributed by atoms with Gasteiger partial charge in [0.15, 0.2) is 0 Å². The Kier molecular flexibility index (Phi) is 5.31. The topological polar surface area (TPSA) is 52.6 Å². The summed E-state index contributed by atoms with van der Waals surface area (Å²) >= 11 is 0. The molecule has 0 aliphatic carbocycles. The van der Waals surface area contributed by atoms with E-state index >= 15 is 0 Å². The molecule has 0 amide bonds. The molecule has 0 aliphatic heterocycles. The first kappa shape index (κ1) is 15.8. The van der Waals surface area contributed by atoms with Crippen LogP contribution in [0.15, 0.2) is 48.5 Å². The Morgan fingerprint density at radius 3 is 1.45 bits per heavy atom.